The lowest BCUT2D eigenvalue weighted by Crippen LogP contribution is -2.36. The van der Waals surface area contributed by atoms with E-state index in [1.165, 1.54) is 6.07 Å². The standard InChI is InChI=1S/C22H19FN4O3/c1-13-25-21-15(22(28)29)11-14(26-7-9-30-10-8-26)12-19(21)27(13)18-5-6-24-17-4-2-3-16(23)20(17)18/h2-6,11-12H,7-10H2,1H3,(H,28,29). The summed E-state index contributed by atoms with van der Waals surface area (Å²) in [4.78, 5) is 22.9. The second kappa shape index (κ2) is 7.07. The molecule has 1 aliphatic heterocycles. The number of carbonyl (C=O) groups is 1. The Hall–Kier alpha value is -3.52. The molecule has 4 aromatic rings. The van der Waals surface area contributed by atoms with Gasteiger partial charge in [-0.05, 0) is 37.3 Å². The van der Waals surface area contributed by atoms with Crippen LogP contribution in [0.3, 0.4) is 0 Å². The Morgan fingerprint density at radius 2 is 2.00 bits per heavy atom. The van der Waals surface area contributed by atoms with Gasteiger partial charge in [-0.1, -0.05) is 6.07 Å². The van der Waals surface area contributed by atoms with E-state index in [0.717, 1.165) is 5.69 Å². The molecule has 0 amide bonds. The summed E-state index contributed by atoms with van der Waals surface area (Å²) < 4.78 is 22.0. The molecule has 30 heavy (non-hydrogen) atoms. The van der Waals surface area contributed by atoms with E-state index in [0.29, 0.717) is 59.8 Å². The van der Waals surface area contributed by atoms with E-state index in [1.807, 2.05) is 6.07 Å². The number of aromatic carboxylic acids is 1. The number of fused-ring (bicyclic) bond motifs is 2. The number of morpholine rings is 1. The molecule has 1 aliphatic rings. The summed E-state index contributed by atoms with van der Waals surface area (Å²) in [6.45, 7) is 4.29. The van der Waals surface area contributed by atoms with Crippen molar-refractivity contribution < 1.29 is 19.0 Å². The van der Waals surface area contributed by atoms with Crippen molar-refractivity contribution in [2.75, 3.05) is 31.2 Å². The normalized spacial score (nSPS) is 14.5. The van der Waals surface area contributed by atoms with Gasteiger partial charge in [-0.25, -0.2) is 14.2 Å². The van der Waals surface area contributed by atoms with Gasteiger partial charge in [0.25, 0.3) is 0 Å². The van der Waals surface area contributed by atoms with Crippen molar-refractivity contribution in [3.05, 3.63) is 59.8 Å². The molecule has 1 saturated heterocycles. The quantitative estimate of drug-likeness (QED) is 0.560. The van der Waals surface area contributed by atoms with Crippen molar-refractivity contribution in [3.63, 3.8) is 0 Å². The number of imidazole rings is 1. The lowest BCUT2D eigenvalue weighted by Gasteiger charge is -2.29. The first kappa shape index (κ1) is 18.5. The van der Waals surface area contributed by atoms with Gasteiger partial charge in [-0.15, -0.1) is 0 Å². The maximum Gasteiger partial charge on any atom is 0.338 e. The van der Waals surface area contributed by atoms with Gasteiger partial charge in [0.15, 0.2) is 0 Å². The number of aromatic nitrogens is 3. The average Bonchev–Trinajstić information content (AvgIpc) is 3.09. The molecule has 2 aromatic carbocycles. The Morgan fingerprint density at radius 3 is 2.77 bits per heavy atom. The third-order valence-corrected chi connectivity index (χ3v) is 5.45. The molecule has 0 atom stereocenters. The van der Waals surface area contributed by atoms with Crippen LogP contribution in [0.2, 0.25) is 0 Å². The molecule has 7 nitrogen and oxygen atoms in total. The highest BCUT2D eigenvalue weighted by molar-refractivity contribution is 6.04. The number of ether oxygens (including phenoxy) is 1. The highest BCUT2D eigenvalue weighted by atomic mass is 19.1. The first-order valence-electron chi connectivity index (χ1n) is 9.67. The van der Waals surface area contributed by atoms with Gasteiger partial charge in [0.1, 0.15) is 17.2 Å². The van der Waals surface area contributed by atoms with Crippen molar-refractivity contribution in [2.24, 2.45) is 0 Å². The minimum absolute atomic E-state index is 0.120. The van der Waals surface area contributed by atoms with Crippen molar-refractivity contribution in [1.29, 1.82) is 0 Å². The second-order valence-corrected chi connectivity index (χ2v) is 7.22. The number of hydrogen-bond donors (Lipinski definition) is 1. The number of carboxylic acids is 1. The Morgan fingerprint density at radius 1 is 1.20 bits per heavy atom. The zero-order valence-electron chi connectivity index (χ0n) is 16.3. The Kier molecular flexibility index (Phi) is 4.36. The van der Waals surface area contributed by atoms with Crippen LogP contribution >= 0.6 is 0 Å². The SMILES string of the molecule is Cc1nc2c(C(=O)O)cc(N3CCOCC3)cc2n1-c1ccnc2cccc(F)c12. The van der Waals surface area contributed by atoms with Crippen molar-refractivity contribution in [1.82, 2.24) is 14.5 Å². The molecule has 0 bridgehead atoms. The highest BCUT2D eigenvalue weighted by Crippen LogP contribution is 2.32. The molecule has 0 aliphatic carbocycles. The molecule has 152 valence electrons. The predicted molar refractivity (Wildman–Crippen MR) is 111 cm³/mol. The minimum Gasteiger partial charge on any atom is -0.478 e. The van der Waals surface area contributed by atoms with Crippen LogP contribution in [-0.2, 0) is 4.74 Å². The number of carboxylic acid groups (broad SMARTS) is 1. The van der Waals surface area contributed by atoms with E-state index in [1.54, 1.807) is 42.0 Å². The third-order valence-electron chi connectivity index (χ3n) is 5.45. The van der Waals surface area contributed by atoms with Gasteiger partial charge >= 0.3 is 5.97 Å². The number of rotatable bonds is 3. The topological polar surface area (TPSA) is 80.5 Å². The first-order valence-corrected chi connectivity index (χ1v) is 9.67. The average molecular weight is 406 g/mol. The summed E-state index contributed by atoms with van der Waals surface area (Å²) >= 11 is 0. The Labute approximate surface area is 171 Å². The molecule has 0 radical (unpaired) electrons. The number of halogens is 1. The fraction of sp³-hybridized carbons (Fsp3) is 0.227. The van der Waals surface area contributed by atoms with Crippen LogP contribution in [-0.4, -0.2) is 51.9 Å². The molecule has 1 fully saturated rings. The summed E-state index contributed by atoms with van der Waals surface area (Å²) in [6.07, 6.45) is 1.62. The number of benzene rings is 2. The van der Waals surface area contributed by atoms with Crippen LogP contribution < -0.4 is 4.90 Å². The molecular weight excluding hydrogens is 387 g/mol. The fourth-order valence-electron chi connectivity index (χ4n) is 4.08. The van der Waals surface area contributed by atoms with Crippen LogP contribution in [0.25, 0.3) is 27.6 Å². The molecule has 0 spiro atoms. The number of aryl methyl sites for hydroxylation is 1. The lowest BCUT2D eigenvalue weighted by atomic mass is 10.1. The van der Waals surface area contributed by atoms with Gasteiger partial charge in [-0.2, -0.15) is 0 Å². The smallest absolute Gasteiger partial charge is 0.338 e. The number of anilines is 1. The largest absolute Gasteiger partial charge is 0.478 e. The van der Waals surface area contributed by atoms with Crippen molar-refractivity contribution in [2.45, 2.75) is 6.92 Å². The summed E-state index contributed by atoms with van der Waals surface area (Å²) in [7, 11) is 0. The van der Waals surface area contributed by atoms with Crippen LogP contribution in [0.15, 0.2) is 42.6 Å². The van der Waals surface area contributed by atoms with E-state index in [-0.39, 0.29) is 11.4 Å². The maximum atomic E-state index is 14.8. The van der Waals surface area contributed by atoms with E-state index >= 15 is 0 Å². The predicted octanol–water partition coefficient (Wildman–Crippen LogP) is 3.56. The molecule has 2 aromatic heterocycles. The first-order chi connectivity index (χ1) is 14.5. The summed E-state index contributed by atoms with van der Waals surface area (Å²) in [5.74, 6) is -0.868. The molecule has 3 heterocycles. The third kappa shape index (κ3) is 2.88. The van der Waals surface area contributed by atoms with Crippen LogP contribution in [0.5, 0.6) is 0 Å². The zero-order chi connectivity index (χ0) is 20.8. The van der Waals surface area contributed by atoms with Crippen LogP contribution in [0, 0.1) is 12.7 Å². The van der Waals surface area contributed by atoms with Gasteiger partial charge in [-0.3, -0.25) is 9.55 Å². The summed E-state index contributed by atoms with van der Waals surface area (Å²) in [5.41, 5.74) is 2.99. The molecule has 8 heteroatoms. The van der Waals surface area contributed by atoms with E-state index < -0.39 is 5.97 Å². The van der Waals surface area contributed by atoms with E-state index in [4.69, 9.17) is 4.74 Å². The Balaban J connectivity index is 1.83. The number of hydrogen-bond acceptors (Lipinski definition) is 5. The highest BCUT2D eigenvalue weighted by Gasteiger charge is 2.22. The fourth-order valence-corrected chi connectivity index (χ4v) is 4.08. The van der Waals surface area contributed by atoms with Gasteiger partial charge in [0.2, 0.25) is 0 Å². The van der Waals surface area contributed by atoms with Gasteiger partial charge in [0.05, 0.1) is 40.9 Å². The lowest BCUT2D eigenvalue weighted by molar-refractivity contribution is 0.0699. The maximum absolute atomic E-state index is 14.8. The Bertz CT molecular complexity index is 1290. The molecule has 0 unspecified atom stereocenters. The van der Waals surface area contributed by atoms with Gasteiger partial charge in [0, 0.05) is 25.0 Å². The summed E-state index contributed by atoms with van der Waals surface area (Å²) in [5, 5.41) is 10.2. The molecule has 5 rings (SSSR count). The minimum atomic E-state index is -1.05. The monoisotopic (exact) mass is 406 g/mol. The number of nitrogens with zero attached hydrogens (tertiary/aromatic N) is 4. The number of pyridine rings is 1. The van der Waals surface area contributed by atoms with Crippen LogP contribution in [0.4, 0.5) is 10.1 Å². The molecule has 1 N–H and O–H groups in total. The van der Waals surface area contributed by atoms with E-state index in [9.17, 15) is 14.3 Å². The van der Waals surface area contributed by atoms with E-state index in [2.05, 4.69) is 14.9 Å². The zero-order valence-corrected chi connectivity index (χ0v) is 16.3. The summed E-state index contributed by atoms with van der Waals surface area (Å²) in [6, 6.07) is 10.0. The molecular formula is C22H19FN4O3. The van der Waals surface area contributed by atoms with Crippen molar-refractivity contribution >= 4 is 33.6 Å². The van der Waals surface area contributed by atoms with Gasteiger partial charge < -0.3 is 14.7 Å². The van der Waals surface area contributed by atoms with Crippen molar-refractivity contribution in [3.8, 4) is 5.69 Å². The second-order valence-electron chi connectivity index (χ2n) is 7.22. The van der Waals surface area contributed by atoms with Crippen LogP contribution in [0.1, 0.15) is 16.2 Å². The molecule has 0 saturated carbocycles.